The van der Waals surface area contributed by atoms with Crippen LogP contribution in [-0.2, 0) is 10.8 Å². The first-order chi connectivity index (χ1) is 29.5. The van der Waals surface area contributed by atoms with Gasteiger partial charge in [-0.05, 0) is 132 Å². The van der Waals surface area contributed by atoms with Crippen molar-refractivity contribution in [2.24, 2.45) is 0 Å². The van der Waals surface area contributed by atoms with Gasteiger partial charge >= 0.3 is 0 Å². The second-order valence-corrected chi connectivity index (χ2v) is 17.9. The van der Waals surface area contributed by atoms with E-state index in [2.05, 4.69) is 219 Å². The van der Waals surface area contributed by atoms with E-state index in [1.54, 1.807) is 0 Å². The van der Waals surface area contributed by atoms with Crippen LogP contribution in [0.3, 0.4) is 0 Å². The molecule has 0 aromatic heterocycles. The molecule has 13 rings (SSSR count). The summed E-state index contributed by atoms with van der Waals surface area (Å²) in [5, 5.41) is 2.56. The molecule has 9 aromatic carbocycles. The summed E-state index contributed by atoms with van der Waals surface area (Å²) in [6, 6.07) is 76.1. The smallest absolute Gasteiger partial charge is 0.0720 e. The molecule has 284 valence electrons. The number of rotatable bonds is 5. The summed E-state index contributed by atoms with van der Waals surface area (Å²) in [5.74, 6) is 1.18. The largest absolute Gasteiger partial charge is 0.310 e. The van der Waals surface area contributed by atoms with Gasteiger partial charge < -0.3 is 4.90 Å². The first-order valence-corrected chi connectivity index (χ1v) is 21.6. The second-order valence-electron chi connectivity index (χ2n) is 17.9. The van der Waals surface area contributed by atoms with Gasteiger partial charge in [-0.15, -0.1) is 0 Å². The van der Waals surface area contributed by atoms with Gasteiger partial charge in [0.25, 0.3) is 0 Å². The Balaban J connectivity index is 1.12. The normalized spacial score (nSPS) is 17.7. The van der Waals surface area contributed by atoms with Crippen LogP contribution < -0.4 is 4.90 Å². The molecule has 1 fully saturated rings. The highest BCUT2D eigenvalue weighted by molar-refractivity contribution is 6.02. The van der Waals surface area contributed by atoms with E-state index in [9.17, 15) is 0 Å². The van der Waals surface area contributed by atoms with E-state index in [0.717, 1.165) is 0 Å². The monoisotopic (exact) mass is 765 g/mol. The molecule has 0 saturated heterocycles. The summed E-state index contributed by atoms with van der Waals surface area (Å²) in [4.78, 5) is 2.60. The fraction of sp³-hybridized carbons (Fsp3) is 0.119. The van der Waals surface area contributed by atoms with Gasteiger partial charge in [0.1, 0.15) is 0 Å². The van der Waals surface area contributed by atoms with Gasteiger partial charge in [0, 0.05) is 22.4 Å². The lowest BCUT2D eigenvalue weighted by molar-refractivity contribution is 0.660. The third-order valence-corrected chi connectivity index (χ3v) is 14.6. The van der Waals surface area contributed by atoms with Gasteiger partial charge in [-0.25, -0.2) is 0 Å². The molecule has 4 aliphatic carbocycles. The van der Waals surface area contributed by atoms with Crippen LogP contribution in [-0.4, -0.2) is 0 Å². The van der Waals surface area contributed by atoms with Crippen molar-refractivity contribution in [1.29, 1.82) is 0 Å². The molecule has 0 spiro atoms. The molecular weight excluding hydrogens is 723 g/mol. The predicted molar refractivity (Wildman–Crippen MR) is 249 cm³/mol. The number of fused-ring (bicyclic) bond motifs is 14. The Bertz CT molecular complexity index is 3190. The number of anilines is 3. The van der Waals surface area contributed by atoms with E-state index in [0.29, 0.717) is 11.8 Å². The molecule has 0 aliphatic heterocycles. The standard InChI is InChI=1S/C59H43N/c1-58(2)52-26-14-13-23-44(52)45-32-29-40(34-53(45)58)60(55-27-15-25-48-51-36-50(51)43-22-11-12-24-47(43)56(48)55)41-30-33-46-49-31-28-37-16-9-10-21-42(37)57(49)59(54(46)35-41,38-17-5-3-6-18-38)39-19-7-4-8-20-39/h3-35,50-51H,36H2,1-2H3. The van der Waals surface area contributed by atoms with E-state index in [-0.39, 0.29) is 5.41 Å². The molecule has 60 heavy (non-hydrogen) atoms. The fourth-order valence-corrected chi connectivity index (χ4v) is 11.9. The molecule has 0 bridgehead atoms. The Hall–Kier alpha value is -6.96. The minimum Gasteiger partial charge on any atom is -0.310 e. The fourth-order valence-electron chi connectivity index (χ4n) is 11.9. The van der Waals surface area contributed by atoms with Crippen molar-refractivity contribution in [2.45, 2.75) is 42.9 Å². The number of hydrogen-bond acceptors (Lipinski definition) is 1. The van der Waals surface area contributed by atoms with E-state index in [4.69, 9.17) is 0 Å². The highest BCUT2D eigenvalue weighted by Crippen LogP contribution is 2.65. The summed E-state index contributed by atoms with van der Waals surface area (Å²) < 4.78 is 0. The third kappa shape index (κ3) is 4.47. The van der Waals surface area contributed by atoms with Gasteiger partial charge in [0.05, 0.1) is 11.1 Å². The summed E-state index contributed by atoms with van der Waals surface area (Å²) in [5.41, 5.74) is 21.9. The zero-order valence-corrected chi connectivity index (χ0v) is 33.9. The van der Waals surface area contributed by atoms with Crippen molar-refractivity contribution in [2.75, 3.05) is 4.90 Å². The van der Waals surface area contributed by atoms with Gasteiger partial charge in [-0.2, -0.15) is 0 Å². The molecule has 2 atom stereocenters. The van der Waals surface area contributed by atoms with Crippen molar-refractivity contribution >= 4 is 27.8 Å². The molecule has 0 N–H and O–H groups in total. The van der Waals surface area contributed by atoms with Crippen molar-refractivity contribution in [1.82, 2.24) is 0 Å². The van der Waals surface area contributed by atoms with Crippen LogP contribution in [0.5, 0.6) is 0 Å². The highest BCUT2D eigenvalue weighted by Gasteiger charge is 2.49. The lowest BCUT2D eigenvalue weighted by Crippen LogP contribution is -2.29. The highest BCUT2D eigenvalue weighted by atomic mass is 15.1. The zero-order chi connectivity index (χ0) is 39.7. The SMILES string of the molecule is CC1(C)c2ccccc2-c2ccc(N(c3ccc4c(c3)C(c3ccccc3)(c3ccccc3)c3c-4ccc4ccccc34)c3cccc4c3-c3ccccc3C3CC43)cc21. The maximum atomic E-state index is 2.60. The molecule has 4 aliphatic rings. The van der Waals surface area contributed by atoms with E-state index in [1.807, 2.05) is 0 Å². The van der Waals surface area contributed by atoms with Gasteiger partial charge in [-0.3, -0.25) is 0 Å². The maximum absolute atomic E-state index is 2.60. The zero-order valence-electron chi connectivity index (χ0n) is 33.9. The molecule has 2 unspecified atom stereocenters. The van der Waals surface area contributed by atoms with Gasteiger partial charge in [-0.1, -0.05) is 184 Å². The summed E-state index contributed by atoms with van der Waals surface area (Å²) in [6.07, 6.45) is 1.22. The van der Waals surface area contributed by atoms with Crippen molar-refractivity contribution in [3.05, 3.63) is 245 Å². The minimum absolute atomic E-state index is 0.131. The number of hydrogen-bond donors (Lipinski definition) is 0. The molecule has 0 radical (unpaired) electrons. The van der Waals surface area contributed by atoms with E-state index in [1.165, 1.54) is 112 Å². The van der Waals surface area contributed by atoms with Gasteiger partial charge in [0.2, 0.25) is 0 Å². The molecule has 1 heteroatoms. The molecule has 1 nitrogen and oxygen atoms in total. The van der Waals surface area contributed by atoms with Crippen molar-refractivity contribution < 1.29 is 0 Å². The topological polar surface area (TPSA) is 3.24 Å². The average molecular weight is 766 g/mol. The lowest BCUT2D eigenvalue weighted by atomic mass is 9.66. The van der Waals surface area contributed by atoms with Crippen molar-refractivity contribution in [3.8, 4) is 33.4 Å². The van der Waals surface area contributed by atoms with Crippen LogP contribution in [0.1, 0.15) is 76.6 Å². The first kappa shape index (κ1) is 34.0. The molecule has 0 heterocycles. The third-order valence-electron chi connectivity index (χ3n) is 14.6. The second kappa shape index (κ2) is 12.3. The molecular formula is C59H43N. The minimum atomic E-state index is -0.554. The Kier molecular flexibility index (Phi) is 6.95. The van der Waals surface area contributed by atoms with Crippen LogP contribution in [0, 0.1) is 0 Å². The Morgan fingerprint density at radius 3 is 1.77 bits per heavy atom. The predicted octanol–water partition coefficient (Wildman–Crippen LogP) is 15.2. The van der Waals surface area contributed by atoms with E-state index < -0.39 is 5.41 Å². The molecule has 9 aromatic rings. The first-order valence-electron chi connectivity index (χ1n) is 21.6. The van der Waals surface area contributed by atoms with Crippen LogP contribution in [0.25, 0.3) is 44.2 Å². The van der Waals surface area contributed by atoms with Crippen LogP contribution >= 0.6 is 0 Å². The summed E-state index contributed by atoms with van der Waals surface area (Å²) >= 11 is 0. The van der Waals surface area contributed by atoms with E-state index >= 15 is 0 Å². The quantitative estimate of drug-likeness (QED) is 0.169. The Morgan fingerprint density at radius 1 is 0.433 bits per heavy atom. The summed E-state index contributed by atoms with van der Waals surface area (Å²) in [7, 11) is 0. The molecule has 1 saturated carbocycles. The maximum Gasteiger partial charge on any atom is 0.0720 e. The Labute approximate surface area is 352 Å². The van der Waals surface area contributed by atoms with Crippen molar-refractivity contribution in [3.63, 3.8) is 0 Å². The Morgan fingerprint density at radius 2 is 1.00 bits per heavy atom. The van der Waals surface area contributed by atoms with Crippen LogP contribution in [0.4, 0.5) is 17.1 Å². The van der Waals surface area contributed by atoms with Crippen LogP contribution in [0.2, 0.25) is 0 Å². The lowest BCUT2D eigenvalue weighted by Gasteiger charge is -2.36. The summed E-state index contributed by atoms with van der Waals surface area (Å²) in [6.45, 7) is 4.79. The average Bonchev–Trinajstić information content (AvgIpc) is 4.02. The van der Waals surface area contributed by atoms with Crippen LogP contribution in [0.15, 0.2) is 200 Å². The number of nitrogens with zero attached hydrogens (tertiary/aromatic N) is 1. The number of benzene rings is 9. The van der Waals surface area contributed by atoms with Gasteiger partial charge in [0.15, 0.2) is 0 Å². The molecule has 0 amide bonds.